The number of benzene rings is 1. The predicted molar refractivity (Wildman–Crippen MR) is 66.6 cm³/mol. The summed E-state index contributed by atoms with van der Waals surface area (Å²) in [4.78, 5) is 22.8. The molecule has 1 aromatic rings. The van der Waals surface area contributed by atoms with Crippen LogP contribution in [0.1, 0.15) is 30.1 Å². The molecular weight excluding hydrogens is 273 g/mol. The van der Waals surface area contributed by atoms with E-state index in [-0.39, 0.29) is 24.3 Å². The molecule has 0 radical (unpaired) electrons. The van der Waals surface area contributed by atoms with Crippen molar-refractivity contribution < 1.29 is 22.8 Å². The van der Waals surface area contributed by atoms with Gasteiger partial charge in [-0.25, -0.2) is 4.79 Å². The first-order valence-electron chi connectivity index (χ1n) is 6.00. The normalized spacial score (nSPS) is 16.4. The minimum atomic E-state index is -4.45. The predicted octanol–water partition coefficient (Wildman–Crippen LogP) is 3.11. The van der Waals surface area contributed by atoms with E-state index in [2.05, 4.69) is 5.32 Å². The second-order valence-electron chi connectivity index (χ2n) is 4.80. The van der Waals surface area contributed by atoms with E-state index in [4.69, 9.17) is 0 Å². The number of urea groups is 1. The molecule has 7 heteroatoms. The number of amides is 2. The first-order chi connectivity index (χ1) is 9.23. The summed E-state index contributed by atoms with van der Waals surface area (Å²) in [5.74, 6) is -0.192. The van der Waals surface area contributed by atoms with E-state index in [1.165, 1.54) is 19.1 Å². The van der Waals surface area contributed by atoms with Gasteiger partial charge in [-0.1, -0.05) is 12.1 Å². The zero-order valence-corrected chi connectivity index (χ0v) is 10.7. The molecule has 0 heterocycles. The summed E-state index contributed by atoms with van der Waals surface area (Å²) in [5.41, 5.74) is -1.46. The Morgan fingerprint density at radius 2 is 1.90 bits per heavy atom. The van der Waals surface area contributed by atoms with Crippen LogP contribution in [0.4, 0.5) is 23.7 Å². The van der Waals surface area contributed by atoms with Gasteiger partial charge in [-0.15, -0.1) is 0 Å². The number of Topliss-reactive ketones (excluding diaryl/α,β-unsaturated/α-hetero) is 1. The van der Waals surface area contributed by atoms with Crippen molar-refractivity contribution in [2.75, 3.05) is 5.32 Å². The van der Waals surface area contributed by atoms with Crippen LogP contribution in [-0.2, 0) is 0 Å². The maximum Gasteiger partial charge on any atom is 0.411 e. The third-order valence-corrected chi connectivity index (χ3v) is 3.17. The molecule has 20 heavy (non-hydrogen) atoms. The highest BCUT2D eigenvalue weighted by molar-refractivity contribution is 5.96. The largest absolute Gasteiger partial charge is 0.411 e. The van der Waals surface area contributed by atoms with Crippen LogP contribution in [-0.4, -0.2) is 23.5 Å². The smallest absolute Gasteiger partial charge is 0.323 e. The van der Waals surface area contributed by atoms with Crippen molar-refractivity contribution in [3.63, 3.8) is 0 Å². The second-order valence-corrected chi connectivity index (χ2v) is 4.80. The van der Waals surface area contributed by atoms with Gasteiger partial charge >= 0.3 is 12.2 Å². The van der Waals surface area contributed by atoms with E-state index in [0.29, 0.717) is 5.56 Å². The second kappa shape index (κ2) is 4.81. The average molecular weight is 286 g/mol. The molecule has 0 aromatic heterocycles. The van der Waals surface area contributed by atoms with Crippen molar-refractivity contribution in [3.8, 4) is 0 Å². The minimum absolute atomic E-state index is 0.114. The van der Waals surface area contributed by atoms with Gasteiger partial charge < -0.3 is 10.6 Å². The van der Waals surface area contributed by atoms with Crippen LogP contribution in [0.3, 0.4) is 0 Å². The Morgan fingerprint density at radius 1 is 1.25 bits per heavy atom. The number of halogens is 3. The highest BCUT2D eigenvalue weighted by Gasteiger charge is 2.64. The van der Waals surface area contributed by atoms with Crippen LogP contribution in [0.2, 0.25) is 0 Å². The molecule has 0 bridgehead atoms. The van der Waals surface area contributed by atoms with Gasteiger partial charge in [-0.3, -0.25) is 4.79 Å². The Balaban J connectivity index is 2.02. The molecule has 1 aromatic carbocycles. The summed E-state index contributed by atoms with van der Waals surface area (Å²) in [5, 5.41) is 4.25. The van der Waals surface area contributed by atoms with Crippen LogP contribution in [0.25, 0.3) is 0 Å². The molecule has 1 aliphatic rings. The van der Waals surface area contributed by atoms with Crippen LogP contribution in [0.5, 0.6) is 0 Å². The third kappa shape index (κ3) is 2.92. The summed E-state index contributed by atoms with van der Waals surface area (Å²) in [6.45, 7) is 1.36. The van der Waals surface area contributed by atoms with E-state index in [1.54, 1.807) is 12.1 Å². The van der Waals surface area contributed by atoms with E-state index >= 15 is 0 Å². The number of hydrogen-bond donors (Lipinski definition) is 2. The van der Waals surface area contributed by atoms with Crippen molar-refractivity contribution in [3.05, 3.63) is 29.8 Å². The molecule has 1 saturated carbocycles. The number of rotatable bonds is 3. The van der Waals surface area contributed by atoms with Crippen molar-refractivity contribution >= 4 is 17.5 Å². The summed E-state index contributed by atoms with van der Waals surface area (Å²) in [6.07, 6.45) is -4.68. The standard InChI is InChI=1S/C13H13F3N2O2/c1-8(19)9-3-2-4-10(7-9)17-11(20)18-12(5-6-12)13(14,15)16/h2-4,7H,5-6H2,1H3,(H2,17,18,20). The third-order valence-electron chi connectivity index (χ3n) is 3.17. The Labute approximate surface area is 113 Å². The SMILES string of the molecule is CC(=O)c1cccc(NC(=O)NC2(C(F)(F)F)CC2)c1. The highest BCUT2D eigenvalue weighted by Crippen LogP contribution is 2.48. The number of carbonyl (C=O) groups is 2. The molecule has 2 N–H and O–H groups in total. The lowest BCUT2D eigenvalue weighted by molar-refractivity contribution is -0.162. The molecule has 2 rings (SSSR count). The average Bonchev–Trinajstić information content (AvgIpc) is 3.09. The monoisotopic (exact) mass is 286 g/mol. The lowest BCUT2D eigenvalue weighted by Gasteiger charge is -2.20. The minimum Gasteiger partial charge on any atom is -0.323 e. The van der Waals surface area contributed by atoms with Crippen LogP contribution < -0.4 is 10.6 Å². The van der Waals surface area contributed by atoms with Gasteiger partial charge in [0.05, 0.1) is 0 Å². The molecule has 0 unspecified atom stereocenters. The van der Waals surface area contributed by atoms with Gasteiger partial charge in [0.1, 0.15) is 5.54 Å². The molecule has 0 saturated heterocycles. The number of carbonyl (C=O) groups excluding carboxylic acids is 2. The topological polar surface area (TPSA) is 58.2 Å². The van der Waals surface area contributed by atoms with Gasteiger partial charge in [0.2, 0.25) is 0 Å². The van der Waals surface area contributed by atoms with Crippen molar-refractivity contribution in [2.24, 2.45) is 0 Å². The van der Waals surface area contributed by atoms with E-state index in [9.17, 15) is 22.8 Å². The Bertz CT molecular complexity index is 551. The number of nitrogens with one attached hydrogen (secondary N) is 2. The fourth-order valence-corrected chi connectivity index (χ4v) is 1.80. The summed E-state index contributed by atoms with van der Waals surface area (Å²) < 4.78 is 38.0. The molecule has 4 nitrogen and oxygen atoms in total. The molecule has 0 atom stereocenters. The molecule has 2 amide bonds. The Hall–Kier alpha value is -2.05. The lowest BCUT2D eigenvalue weighted by Crippen LogP contribution is -2.49. The van der Waals surface area contributed by atoms with E-state index in [1.807, 2.05) is 5.32 Å². The summed E-state index contributed by atoms with van der Waals surface area (Å²) >= 11 is 0. The van der Waals surface area contributed by atoms with Gasteiger partial charge in [0, 0.05) is 11.3 Å². The van der Waals surface area contributed by atoms with Crippen LogP contribution in [0, 0.1) is 0 Å². The summed E-state index contributed by atoms with van der Waals surface area (Å²) in [7, 11) is 0. The first kappa shape index (κ1) is 14.4. The molecular formula is C13H13F3N2O2. The number of ketones is 1. The maximum absolute atomic E-state index is 12.7. The molecule has 0 aliphatic heterocycles. The molecule has 108 valence electrons. The quantitative estimate of drug-likeness (QED) is 0.839. The Morgan fingerprint density at radius 3 is 2.40 bits per heavy atom. The molecule has 1 aliphatic carbocycles. The number of hydrogen-bond acceptors (Lipinski definition) is 2. The highest BCUT2D eigenvalue weighted by atomic mass is 19.4. The number of anilines is 1. The van der Waals surface area contributed by atoms with Gasteiger partial charge in [-0.05, 0) is 31.9 Å². The van der Waals surface area contributed by atoms with Crippen molar-refractivity contribution in [2.45, 2.75) is 31.5 Å². The molecule has 0 spiro atoms. The molecule has 1 fully saturated rings. The van der Waals surface area contributed by atoms with Gasteiger partial charge in [-0.2, -0.15) is 13.2 Å². The zero-order chi connectivity index (χ0) is 15.0. The fraction of sp³-hybridized carbons (Fsp3) is 0.385. The maximum atomic E-state index is 12.7. The van der Waals surface area contributed by atoms with Gasteiger partial charge in [0.15, 0.2) is 5.78 Å². The van der Waals surface area contributed by atoms with Gasteiger partial charge in [0.25, 0.3) is 0 Å². The Kier molecular flexibility index (Phi) is 3.45. The lowest BCUT2D eigenvalue weighted by atomic mass is 10.1. The van der Waals surface area contributed by atoms with Crippen molar-refractivity contribution in [1.82, 2.24) is 5.32 Å². The number of alkyl halides is 3. The first-order valence-corrected chi connectivity index (χ1v) is 6.00. The van der Waals surface area contributed by atoms with Crippen molar-refractivity contribution in [1.29, 1.82) is 0 Å². The zero-order valence-electron chi connectivity index (χ0n) is 10.7. The van der Waals surface area contributed by atoms with E-state index < -0.39 is 17.7 Å². The fourth-order valence-electron chi connectivity index (χ4n) is 1.80. The van der Waals surface area contributed by atoms with Crippen LogP contribution in [0.15, 0.2) is 24.3 Å². The van der Waals surface area contributed by atoms with Crippen LogP contribution >= 0.6 is 0 Å². The van der Waals surface area contributed by atoms with E-state index in [0.717, 1.165) is 0 Å². The summed E-state index contributed by atoms with van der Waals surface area (Å²) in [6, 6.07) is 5.08.